The van der Waals surface area contributed by atoms with Gasteiger partial charge in [-0.3, -0.25) is 9.59 Å². The van der Waals surface area contributed by atoms with Crippen molar-refractivity contribution in [3.63, 3.8) is 0 Å². The molecule has 14 heavy (non-hydrogen) atoms. The Balaban J connectivity index is 2.39. The molecule has 2 nitrogen and oxygen atoms in total. The largest absolute Gasteiger partial charge is 0.299 e. The maximum absolute atomic E-state index is 12.0. The predicted molar refractivity (Wildman–Crippen MR) is 53.9 cm³/mol. The highest BCUT2D eigenvalue weighted by Crippen LogP contribution is 2.48. The Bertz CT molecular complexity index is 282. The molecule has 0 aliphatic heterocycles. The van der Waals surface area contributed by atoms with Crippen molar-refractivity contribution in [2.24, 2.45) is 17.3 Å². The van der Waals surface area contributed by atoms with Gasteiger partial charge in [0.2, 0.25) is 0 Å². The van der Waals surface area contributed by atoms with Gasteiger partial charge in [0.1, 0.15) is 11.6 Å². The highest BCUT2D eigenvalue weighted by atomic mass is 16.2. The van der Waals surface area contributed by atoms with Gasteiger partial charge in [0.15, 0.2) is 0 Å². The fraction of sp³-hybridized carbons (Fsp3) is 0.833. The molecule has 2 aliphatic rings. The fourth-order valence-corrected chi connectivity index (χ4v) is 3.30. The van der Waals surface area contributed by atoms with E-state index >= 15 is 0 Å². The van der Waals surface area contributed by atoms with Gasteiger partial charge in [-0.05, 0) is 38.0 Å². The lowest BCUT2D eigenvalue weighted by Crippen LogP contribution is -2.38. The van der Waals surface area contributed by atoms with Crippen molar-refractivity contribution in [1.29, 1.82) is 0 Å². The molecule has 3 atom stereocenters. The Labute approximate surface area is 85.1 Å². The molecule has 0 saturated heterocycles. The Morgan fingerprint density at radius 3 is 2.50 bits per heavy atom. The van der Waals surface area contributed by atoms with Crippen LogP contribution in [0.2, 0.25) is 0 Å². The first kappa shape index (κ1) is 9.88. The maximum Gasteiger partial charge on any atom is 0.146 e. The van der Waals surface area contributed by atoms with Gasteiger partial charge >= 0.3 is 0 Å². The van der Waals surface area contributed by atoms with Crippen LogP contribution in [0.15, 0.2) is 0 Å². The second-order valence-corrected chi connectivity index (χ2v) is 5.06. The second kappa shape index (κ2) is 3.18. The van der Waals surface area contributed by atoms with Crippen molar-refractivity contribution in [1.82, 2.24) is 0 Å². The monoisotopic (exact) mass is 194 g/mol. The number of fused-ring (bicyclic) bond motifs is 1. The lowest BCUT2D eigenvalue weighted by molar-refractivity contribution is -0.139. The summed E-state index contributed by atoms with van der Waals surface area (Å²) in [6.07, 6.45) is 4.25. The van der Waals surface area contributed by atoms with E-state index in [0.717, 1.165) is 19.3 Å². The van der Waals surface area contributed by atoms with Gasteiger partial charge in [0.25, 0.3) is 0 Å². The molecule has 2 heteroatoms. The molecule has 0 aromatic rings. The van der Waals surface area contributed by atoms with Gasteiger partial charge in [-0.2, -0.15) is 0 Å². The third-order valence-electron chi connectivity index (χ3n) is 4.33. The van der Waals surface area contributed by atoms with E-state index in [9.17, 15) is 9.59 Å². The van der Waals surface area contributed by atoms with Crippen molar-refractivity contribution < 1.29 is 9.59 Å². The Kier molecular flexibility index (Phi) is 2.24. The molecule has 2 rings (SSSR count). The normalized spacial score (nSPS) is 43.6. The Morgan fingerprint density at radius 2 is 1.79 bits per heavy atom. The van der Waals surface area contributed by atoms with Gasteiger partial charge in [0.05, 0.1) is 5.41 Å². The standard InChI is InChI=1S/C12H18O2/c1-8-4-3-5-10(13)12(2)9(8)6-7-11(12)14/h8-9H,3-7H2,1-2H3/t8-,9+,12+/m1/s1. The molecule has 0 aromatic heterocycles. The minimum absolute atomic E-state index is 0.196. The van der Waals surface area contributed by atoms with E-state index in [2.05, 4.69) is 6.92 Å². The van der Waals surface area contributed by atoms with Crippen LogP contribution in [0.3, 0.4) is 0 Å². The molecule has 0 heterocycles. The average molecular weight is 194 g/mol. The number of hydrogen-bond acceptors (Lipinski definition) is 2. The molecule has 0 bridgehead atoms. The minimum Gasteiger partial charge on any atom is -0.299 e. The first-order valence-corrected chi connectivity index (χ1v) is 5.63. The fourth-order valence-electron chi connectivity index (χ4n) is 3.30. The van der Waals surface area contributed by atoms with Crippen LogP contribution in [0.5, 0.6) is 0 Å². The Morgan fingerprint density at radius 1 is 1.14 bits per heavy atom. The Hall–Kier alpha value is -0.660. The molecule has 0 spiro atoms. The molecule has 0 amide bonds. The van der Waals surface area contributed by atoms with E-state index in [1.807, 2.05) is 6.92 Å². The van der Waals surface area contributed by atoms with Gasteiger partial charge in [-0.1, -0.05) is 6.92 Å². The van der Waals surface area contributed by atoms with Gasteiger partial charge < -0.3 is 0 Å². The summed E-state index contributed by atoms with van der Waals surface area (Å²) in [5.41, 5.74) is -0.615. The topological polar surface area (TPSA) is 34.1 Å². The number of hydrogen-bond donors (Lipinski definition) is 0. The summed E-state index contributed by atoms with van der Waals surface area (Å²) in [5.74, 6) is 1.26. The van der Waals surface area contributed by atoms with E-state index in [4.69, 9.17) is 0 Å². The summed E-state index contributed by atoms with van der Waals surface area (Å²) in [4.78, 5) is 23.8. The van der Waals surface area contributed by atoms with E-state index in [-0.39, 0.29) is 11.6 Å². The van der Waals surface area contributed by atoms with Gasteiger partial charge in [-0.25, -0.2) is 0 Å². The van der Waals surface area contributed by atoms with Crippen molar-refractivity contribution in [2.75, 3.05) is 0 Å². The van der Waals surface area contributed by atoms with Crippen molar-refractivity contribution >= 4 is 11.6 Å². The molecule has 0 radical (unpaired) electrons. The van der Waals surface area contributed by atoms with E-state index < -0.39 is 5.41 Å². The molecule has 78 valence electrons. The summed E-state index contributed by atoms with van der Waals surface area (Å²) < 4.78 is 0. The van der Waals surface area contributed by atoms with Crippen LogP contribution < -0.4 is 0 Å². The third-order valence-corrected chi connectivity index (χ3v) is 4.33. The number of Topliss-reactive ketones (excluding diaryl/α,β-unsaturated/α-hetero) is 2. The zero-order valence-corrected chi connectivity index (χ0v) is 9.01. The van der Waals surface area contributed by atoms with Gasteiger partial charge in [0, 0.05) is 12.8 Å². The molecule has 0 N–H and O–H groups in total. The van der Waals surface area contributed by atoms with Crippen LogP contribution in [0.1, 0.15) is 46.0 Å². The lowest BCUT2D eigenvalue weighted by atomic mass is 9.71. The van der Waals surface area contributed by atoms with Crippen LogP contribution in [0.25, 0.3) is 0 Å². The third kappa shape index (κ3) is 1.16. The first-order valence-electron chi connectivity index (χ1n) is 5.63. The van der Waals surface area contributed by atoms with Crippen molar-refractivity contribution in [3.8, 4) is 0 Å². The van der Waals surface area contributed by atoms with Crippen LogP contribution in [0, 0.1) is 17.3 Å². The average Bonchev–Trinajstić information content (AvgIpc) is 2.39. The first-order chi connectivity index (χ1) is 6.56. The summed E-state index contributed by atoms with van der Waals surface area (Å²) in [7, 11) is 0. The van der Waals surface area contributed by atoms with E-state index in [1.54, 1.807) is 0 Å². The SMILES string of the molecule is C[C@@H]1CCCC(=O)[C@@]2(C)C(=O)CC[C@@H]12. The number of ketones is 2. The number of carbonyl (C=O) groups is 2. The van der Waals surface area contributed by atoms with Crippen molar-refractivity contribution in [2.45, 2.75) is 46.0 Å². The summed E-state index contributed by atoms with van der Waals surface area (Å²) in [6.45, 7) is 4.08. The van der Waals surface area contributed by atoms with E-state index in [1.165, 1.54) is 0 Å². The predicted octanol–water partition coefficient (Wildman–Crippen LogP) is 2.36. The van der Waals surface area contributed by atoms with Crippen molar-refractivity contribution in [3.05, 3.63) is 0 Å². The smallest absolute Gasteiger partial charge is 0.146 e. The van der Waals surface area contributed by atoms with Crippen LogP contribution in [0.4, 0.5) is 0 Å². The van der Waals surface area contributed by atoms with Crippen LogP contribution in [-0.2, 0) is 9.59 Å². The minimum atomic E-state index is -0.615. The molecule has 0 unspecified atom stereocenters. The molecule has 2 fully saturated rings. The number of carbonyl (C=O) groups excluding carboxylic acids is 2. The maximum atomic E-state index is 12.0. The lowest BCUT2D eigenvalue weighted by Gasteiger charge is -2.29. The zero-order chi connectivity index (χ0) is 10.3. The van der Waals surface area contributed by atoms with Crippen LogP contribution >= 0.6 is 0 Å². The molecular formula is C12H18O2. The quantitative estimate of drug-likeness (QED) is 0.555. The summed E-state index contributed by atoms with van der Waals surface area (Å²) in [6, 6.07) is 0. The number of rotatable bonds is 0. The molecule has 2 saturated carbocycles. The van der Waals surface area contributed by atoms with Gasteiger partial charge in [-0.15, -0.1) is 0 Å². The zero-order valence-electron chi connectivity index (χ0n) is 9.01. The van der Waals surface area contributed by atoms with Crippen LogP contribution in [-0.4, -0.2) is 11.6 Å². The highest BCUT2D eigenvalue weighted by Gasteiger charge is 2.53. The second-order valence-electron chi connectivity index (χ2n) is 5.06. The summed E-state index contributed by atoms with van der Waals surface area (Å²) in [5, 5.41) is 0. The highest BCUT2D eigenvalue weighted by molar-refractivity contribution is 6.08. The molecular weight excluding hydrogens is 176 g/mol. The molecule has 2 aliphatic carbocycles. The summed E-state index contributed by atoms with van der Waals surface area (Å²) >= 11 is 0. The van der Waals surface area contributed by atoms with E-state index in [0.29, 0.717) is 24.7 Å². The molecule has 0 aromatic carbocycles.